The molecule has 134 valence electrons. The van der Waals surface area contributed by atoms with Crippen LogP contribution in [-0.2, 0) is 0 Å². The highest BCUT2D eigenvalue weighted by Gasteiger charge is 2.14. The van der Waals surface area contributed by atoms with Gasteiger partial charge >= 0.3 is 0 Å². The van der Waals surface area contributed by atoms with E-state index >= 15 is 0 Å². The summed E-state index contributed by atoms with van der Waals surface area (Å²) in [7, 11) is 0. The van der Waals surface area contributed by atoms with Gasteiger partial charge in [-0.05, 0) is 12.1 Å². The number of nitriles is 1. The molecular weight excluding hydrogens is 359 g/mol. The van der Waals surface area contributed by atoms with Gasteiger partial charge in [-0.3, -0.25) is 9.78 Å². The molecule has 0 aliphatic carbocycles. The minimum atomic E-state index is -1.40. The Morgan fingerprint density at radius 1 is 1.11 bits per heavy atom. The molecule has 0 unspecified atom stereocenters. The van der Waals surface area contributed by atoms with Crippen LogP contribution in [0.5, 0.6) is 0 Å². The molecule has 0 bridgehead atoms. The molecule has 0 spiro atoms. The second kappa shape index (κ2) is 7.53. The summed E-state index contributed by atoms with van der Waals surface area (Å²) in [6.45, 7) is 0. The van der Waals surface area contributed by atoms with E-state index in [1.54, 1.807) is 36.4 Å². The van der Waals surface area contributed by atoms with Crippen LogP contribution in [-0.4, -0.2) is 16.2 Å². The SMILES string of the molecule is N#Cc1c(-c2ccccc2)nc(NN=Cc2c(F)ccc(F)c2F)[nH]c1=O. The molecule has 0 aliphatic heterocycles. The van der Waals surface area contributed by atoms with E-state index in [0.717, 1.165) is 6.07 Å². The first-order valence-electron chi connectivity index (χ1n) is 7.53. The van der Waals surface area contributed by atoms with E-state index in [2.05, 4.69) is 20.5 Å². The van der Waals surface area contributed by atoms with Gasteiger partial charge in [0.15, 0.2) is 11.6 Å². The van der Waals surface area contributed by atoms with E-state index < -0.39 is 28.6 Å². The fourth-order valence-corrected chi connectivity index (χ4v) is 2.25. The Hall–Kier alpha value is -3.93. The lowest BCUT2D eigenvalue weighted by Crippen LogP contribution is -2.16. The Kier molecular flexibility index (Phi) is 4.99. The third-order valence-electron chi connectivity index (χ3n) is 3.52. The Morgan fingerprint density at radius 3 is 2.52 bits per heavy atom. The van der Waals surface area contributed by atoms with Gasteiger partial charge in [0.2, 0.25) is 5.95 Å². The molecule has 2 N–H and O–H groups in total. The van der Waals surface area contributed by atoms with Crippen LogP contribution in [0.25, 0.3) is 11.3 Å². The molecule has 3 aromatic rings. The first kappa shape index (κ1) is 17.9. The summed E-state index contributed by atoms with van der Waals surface area (Å²) in [5.74, 6) is -3.79. The Labute approximate surface area is 150 Å². The van der Waals surface area contributed by atoms with Crippen molar-refractivity contribution >= 4 is 12.2 Å². The van der Waals surface area contributed by atoms with Crippen LogP contribution in [0.3, 0.4) is 0 Å². The number of hydrogen-bond donors (Lipinski definition) is 2. The fourth-order valence-electron chi connectivity index (χ4n) is 2.25. The van der Waals surface area contributed by atoms with Crippen LogP contribution in [0.1, 0.15) is 11.1 Å². The van der Waals surface area contributed by atoms with Crippen molar-refractivity contribution in [2.45, 2.75) is 0 Å². The monoisotopic (exact) mass is 369 g/mol. The normalized spacial score (nSPS) is 10.7. The van der Waals surface area contributed by atoms with E-state index in [9.17, 15) is 23.2 Å². The van der Waals surface area contributed by atoms with Gasteiger partial charge < -0.3 is 0 Å². The number of benzene rings is 2. The molecule has 1 heterocycles. The number of rotatable bonds is 4. The molecule has 0 atom stereocenters. The molecule has 6 nitrogen and oxygen atoms in total. The highest BCUT2D eigenvalue weighted by atomic mass is 19.2. The summed E-state index contributed by atoms with van der Waals surface area (Å²) in [5.41, 5.74) is 1.34. The number of nitrogens with one attached hydrogen (secondary N) is 2. The van der Waals surface area contributed by atoms with E-state index in [4.69, 9.17) is 0 Å². The van der Waals surface area contributed by atoms with Gasteiger partial charge in [0.05, 0.1) is 17.5 Å². The van der Waals surface area contributed by atoms with Crippen molar-refractivity contribution in [2.75, 3.05) is 5.43 Å². The smallest absolute Gasteiger partial charge is 0.270 e. The van der Waals surface area contributed by atoms with Gasteiger partial charge in [0.1, 0.15) is 17.4 Å². The van der Waals surface area contributed by atoms with Crippen LogP contribution >= 0.6 is 0 Å². The zero-order valence-electron chi connectivity index (χ0n) is 13.5. The number of anilines is 1. The Morgan fingerprint density at radius 2 is 1.81 bits per heavy atom. The lowest BCUT2D eigenvalue weighted by molar-refractivity contribution is 0.493. The molecule has 0 radical (unpaired) electrons. The molecule has 3 rings (SSSR count). The minimum Gasteiger partial charge on any atom is -0.290 e. The summed E-state index contributed by atoms with van der Waals surface area (Å²) >= 11 is 0. The van der Waals surface area contributed by atoms with E-state index in [-0.39, 0.29) is 17.2 Å². The average Bonchev–Trinajstić information content (AvgIpc) is 2.68. The number of halogens is 3. The second-order valence-corrected chi connectivity index (χ2v) is 5.24. The largest absolute Gasteiger partial charge is 0.290 e. The molecule has 27 heavy (non-hydrogen) atoms. The van der Waals surface area contributed by atoms with Crippen molar-refractivity contribution in [3.8, 4) is 17.3 Å². The number of hydrogen-bond acceptors (Lipinski definition) is 5. The van der Waals surface area contributed by atoms with Gasteiger partial charge in [0, 0.05) is 5.56 Å². The number of aromatic nitrogens is 2. The molecule has 0 fully saturated rings. The van der Waals surface area contributed by atoms with Crippen molar-refractivity contribution in [3.63, 3.8) is 0 Å². The van der Waals surface area contributed by atoms with Gasteiger partial charge in [0.25, 0.3) is 5.56 Å². The fraction of sp³-hybridized carbons (Fsp3) is 0. The molecule has 9 heteroatoms. The average molecular weight is 369 g/mol. The topological polar surface area (TPSA) is 93.9 Å². The maximum Gasteiger partial charge on any atom is 0.270 e. The van der Waals surface area contributed by atoms with Gasteiger partial charge in [-0.2, -0.15) is 10.4 Å². The summed E-state index contributed by atoms with van der Waals surface area (Å²) in [6.07, 6.45) is 0.716. The zero-order valence-corrected chi connectivity index (χ0v) is 13.5. The molecule has 2 aromatic carbocycles. The van der Waals surface area contributed by atoms with E-state index in [1.165, 1.54) is 0 Å². The van der Waals surface area contributed by atoms with Crippen LogP contribution in [0.4, 0.5) is 19.1 Å². The minimum absolute atomic E-state index is 0.114. The van der Waals surface area contributed by atoms with Crippen LogP contribution in [0.2, 0.25) is 0 Å². The quantitative estimate of drug-likeness (QED) is 0.420. The first-order chi connectivity index (χ1) is 13.0. The molecule has 0 saturated carbocycles. The predicted octanol–water partition coefficient (Wildman–Crippen LogP) is 3.17. The number of aromatic amines is 1. The molecule has 0 amide bonds. The molecule has 0 aliphatic rings. The van der Waals surface area contributed by atoms with E-state index in [1.807, 2.05) is 0 Å². The van der Waals surface area contributed by atoms with Crippen LogP contribution in [0, 0.1) is 28.8 Å². The number of H-pyrrole nitrogens is 1. The molecular formula is C18H10F3N5O. The summed E-state index contributed by atoms with van der Waals surface area (Å²) in [4.78, 5) is 18.5. The van der Waals surface area contributed by atoms with Gasteiger partial charge in [-0.1, -0.05) is 30.3 Å². The van der Waals surface area contributed by atoms with Crippen molar-refractivity contribution in [3.05, 3.63) is 81.4 Å². The predicted molar refractivity (Wildman–Crippen MR) is 92.5 cm³/mol. The van der Waals surface area contributed by atoms with Crippen LogP contribution < -0.4 is 11.0 Å². The number of hydrazone groups is 1. The van der Waals surface area contributed by atoms with Gasteiger partial charge in [-0.15, -0.1) is 0 Å². The maximum absolute atomic E-state index is 13.6. The van der Waals surface area contributed by atoms with Crippen molar-refractivity contribution in [1.82, 2.24) is 9.97 Å². The maximum atomic E-state index is 13.6. The lowest BCUT2D eigenvalue weighted by atomic mass is 10.1. The van der Waals surface area contributed by atoms with Gasteiger partial charge in [-0.25, -0.2) is 23.6 Å². The number of nitrogens with zero attached hydrogens (tertiary/aromatic N) is 3. The lowest BCUT2D eigenvalue weighted by Gasteiger charge is -2.06. The molecule has 1 aromatic heterocycles. The third-order valence-corrected chi connectivity index (χ3v) is 3.52. The third kappa shape index (κ3) is 3.69. The summed E-state index contributed by atoms with van der Waals surface area (Å²) in [6, 6.07) is 11.7. The highest BCUT2D eigenvalue weighted by Crippen LogP contribution is 2.19. The second-order valence-electron chi connectivity index (χ2n) is 5.24. The van der Waals surface area contributed by atoms with Crippen LogP contribution in [0.15, 0.2) is 52.4 Å². The Bertz CT molecular complexity index is 1120. The molecule has 0 saturated heterocycles. The summed E-state index contributed by atoms with van der Waals surface area (Å²) in [5, 5.41) is 12.8. The highest BCUT2D eigenvalue weighted by molar-refractivity contribution is 5.81. The van der Waals surface area contributed by atoms with Crippen molar-refractivity contribution < 1.29 is 13.2 Å². The van der Waals surface area contributed by atoms with E-state index in [0.29, 0.717) is 17.8 Å². The standard InChI is InChI=1S/C18H10F3N5O/c19-13-6-7-14(20)15(21)12(13)9-23-26-18-24-16(10-4-2-1-3-5-10)11(8-22)17(27)25-18/h1-7,9H,(H2,24,25,26,27). The van der Waals surface area contributed by atoms with Crippen molar-refractivity contribution in [1.29, 1.82) is 5.26 Å². The summed E-state index contributed by atoms with van der Waals surface area (Å²) < 4.78 is 40.3. The zero-order chi connectivity index (χ0) is 19.4. The first-order valence-corrected chi connectivity index (χ1v) is 7.53. The Balaban J connectivity index is 1.95. The van der Waals surface area contributed by atoms with Crippen molar-refractivity contribution in [2.24, 2.45) is 5.10 Å².